The molecule has 0 aliphatic heterocycles. The van der Waals surface area contributed by atoms with Crippen molar-refractivity contribution >= 4 is 22.2 Å². The minimum absolute atomic E-state index is 0.00323. The van der Waals surface area contributed by atoms with E-state index in [9.17, 15) is 4.79 Å². The Morgan fingerprint density at radius 2 is 2.03 bits per heavy atom. The molecular formula is C22H22N4O2S. The molecular weight excluding hydrogens is 384 g/mol. The topological polar surface area (TPSA) is 68.5 Å². The van der Waals surface area contributed by atoms with E-state index in [1.165, 1.54) is 0 Å². The number of rotatable bonds is 7. The zero-order valence-electron chi connectivity index (χ0n) is 16.4. The zero-order valence-corrected chi connectivity index (χ0v) is 17.2. The van der Waals surface area contributed by atoms with Crippen LogP contribution in [0.4, 0.5) is 0 Å². The average Bonchev–Trinajstić information content (AvgIpc) is 3.28. The smallest absolute Gasteiger partial charge is 0.257 e. The van der Waals surface area contributed by atoms with Crippen LogP contribution in [0.2, 0.25) is 0 Å². The van der Waals surface area contributed by atoms with Crippen molar-refractivity contribution in [3.8, 4) is 17.1 Å². The number of carbonyl (C=O) groups excluding carboxylic acids is 1. The first-order chi connectivity index (χ1) is 14.1. The highest BCUT2D eigenvalue weighted by atomic mass is 32.1. The summed E-state index contributed by atoms with van der Waals surface area (Å²) in [5.41, 5.74) is 4.31. The van der Waals surface area contributed by atoms with E-state index in [0.717, 1.165) is 33.2 Å². The Morgan fingerprint density at radius 3 is 2.86 bits per heavy atom. The number of aromatic nitrogens is 3. The van der Waals surface area contributed by atoms with Crippen molar-refractivity contribution < 1.29 is 9.53 Å². The van der Waals surface area contributed by atoms with Gasteiger partial charge < -0.3 is 10.1 Å². The SMILES string of the molecule is Cc1cccc(OCC(=O)NCCc2csc3nc(-c4ccccc4C)nn23)c1. The van der Waals surface area contributed by atoms with Crippen LogP contribution in [0.15, 0.2) is 53.9 Å². The number of hydrogen-bond acceptors (Lipinski definition) is 5. The van der Waals surface area contributed by atoms with Crippen LogP contribution >= 0.6 is 11.3 Å². The van der Waals surface area contributed by atoms with Crippen LogP contribution in [-0.2, 0) is 11.2 Å². The number of amides is 1. The number of hydrogen-bond donors (Lipinski definition) is 1. The Hall–Kier alpha value is -3.19. The second-order valence-corrected chi connectivity index (χ2v) is 7.71. The van der Waals surface area contributed by atoms with Crippen LogP contribution in [0.25, 0.3) is 16.3 Å². The molecule has 4 rings (SSSR count). The van der Waals surface area contributed by atoms with E-state index in [2.05, 4.69) is 28.4 Å². The first kappa shape index (κ1) is 19.1. The summed E-state index contributed by atoms with van der Waals surface area (Å²) in [5.74, 6) is 1.29. The van der Waals surface area contributed by atoms with Gasteiger partial charge in [0, 0.05) is 23.9 Å². The molecule has 2 aromatic carbocycles. The maximum atomic E-state index is 12.1. The van der Waals surface area contributed by atoms with Gasteiger partial charge in [0.1, 0.15) is 5.75 Å². The number of thiazole rings is 1. The van der Waals surface area contributed by atoms with Crippen molar-refractivity contribution in [2.75, 3.05) is 13.2 Å². The monoisotopic (exact) mass is 406 g/mol. The molecule has 0 radical (unpaired) electrons. The number of carbonyl (C=O) groups is 1. The summed E-state index contributed by atoms with van der Waals surface area (Å²) in [7, 11) is 0. The van der Waals surface area contributed by atoms with E-state index in [4.69, 9.17) is 4.74 Å². The normalized spacial score (nSPS) is 11.0. The van der Waals surface area contributed by atoms with Crippen molar-refractivity contribution in [2.45, 2.75) is 20.3 Å². The van der Waals surface area contributed by atoms with Gasteiger partial charge in [0.05, 0.1) is 5.69 Å². The second-order valence-electron chi connectivity index (χ2n) is 6.88. The molecule has 0 unspecified atom stereocenters. The van der Waals surface area contributed by atoms with E-state index in [1.807, 2.05) is 59.3 Å². The van der Waals surface area contributed by atoms with E-state index >= 15 is 0 Å². The zero-order chi connectivity index (χ0) is 20.2. The fourth-order valence-electron chi connectivity index (χ4n) is 3.07. The van der Waals surface area contributed by atoms with Gasteiger partial charge in [-0.3, -0.25) is 4.79 Å². The molecule has 1 N–H and O–H groups in total. The molecule has 2 aromatic heterocycles. The molecule has 29 heavy (non-hydrogen) atoms. The number of benzene rings is 2. The fourth-order valence-corrected chi connectivity index (χ4v) is 3.93. The third kappa shape index (κ3) is 4.46. The summed E-state index contributed by atoms with van der Waals surface area (Å²) >= 11 is 1.55. The van der Waals surface area contributed by atoms with Crippen LogP contribution in [0.3, 0.4) is 0 Å². The summed E-state index contributed by atoms with van der Waals surface area (Å²) < 4.78 is 7.40. The molecule has 0 saturated carbocycles. The lowest BCUT2D eigenvalue weighted by molar-refractivity contribution is -0.123. The van der Waals surface area contributed by atoms with Gasteiger partial charge in [0.15, 0.2) is 12.4 Å². The van der Waals surface area contributed by atoms with E-state index in [0.29, 0.717) is 18.7 Å². The van der Waals surface area contributed by atoms with Crippen molar-refractivity contribution in [2.24, 2.45) is 0 Å². The van der Waals surface area contributed by atoms with Crippen molar-refractivity contribution in [1.29, 1.82) is 0 Å². The Bertz CT molecular complexity index is 1150. The summed E-state index contributed by atoms with van der Waals surface area (Å²) in [6, 6.07) is 15.7. The standard InChI is InChI=1S/C22H22N4O2S/c1-15-6-5-8-18(12-15)28-13-20(27)23-11-10-17-14-29-22-24-21(25-26(17)22)19-9-4-3-7-16(19)2/h3-9,12,14H,10-11,13H2,1-2H3,(H,23,27). The van der Waals surface area contributed by atoms with Crippen LogP contribution in [0, 0.1) is 13.8 Å². The summed E-state index contributed by atoms with van der Waals surface area (Å²) in [6.45, 7) is 4.56. The maximum Gasteiger partial charge on any atom is 0.257 e. The number of ether oxygens (including phenoxy) is 1. The lowest BCUT2D eigenvalue weighted by Gasteiger charge is -2.07. The van der Waals surface area contributed by atoms with Crippen LogP contribution in [0.5, 0.6) is 5.75 Å². The molecule has 0 bridgehead atoms. The van der Waals surface area contributed by atoms with Crippen LogP contribution < -0.4 is 10.1 Å². The van der Waals surface area contributed by atoms with Gasteiger partial charge in [-0.2, -0.15) is 4.98 Å². The van der Waals surface area contributed by atoms with E-state index < -0.39 is 0 Å². The lowest BCUT2D eigenvalue weighted by Crippen LogP contribution is -2.30. The molecule has 0 aliphatic carbocycles. The molecule has 0 fully saturated rings. The third-order valence-corrected chi connectivity index (χ3v) is 5.46. The molecule has 148 valence electrons. The van der Waals surface area contributed by atoms with Gasteiger partial charge in [-0.25, -0.2) is 4.52 Å². The minimum atomic E-state index is -0.142. The molecule has 4 aromatic rings. The number of nitrogens with zero attached hydrogens (tertiary/aromatic N) is 3. The Morgan fingerprint density at radius 1 is 1.17 bits per heavy atom. The summed E-state index contributed by atoms with van der Waals surface area (Å²) in [6.07, 6.45) is 0.673. The first-order valence-electron chi connectivity index (χ1n) is 9.45. The van der Waals surface area contributed by atoms with E-state index in [-0.39, 0.29) is 12.5 Å². The predicted octanol–water partition coefficient (Wildman–Crippen LogP) is 3.81. The molecule has 0 spiro atoms. The molecule has 2 heterocycles. The Kier molecular flexibility index (Phi) is 5.57. The fraction of sp³-hybridized carbons (Fsp3) is 0.227. The van der Waals surface area contributed by atoms with Crippen molar-refractivity contribution in [3.05, 3.63) is 70.7 Å². The average molecular weight is 407 g/mol. The van der Waals surface area contributed by atoms with Crippen LogP contribution in [-0.4, -0.2) is 33.7 Å². The van der Waals surface area contributed by atoms with Gasteiger partial charge in [0.2, 0.25) is 4.96 Å². The quantitative estimate of drug-likeness (QED) is 0.507. The molecule has 7 heteroatoms. The molecule has 6 nitrogen and oxygen atoms in total. The van der Waals surface area contributed by atoms with Gasteiger partial charge in [0.25, 0.3) is 5.91 Å². The van der Waals surface area contributed by atoms with Gasteiger partial charge in [-0.05, 0) is 37.1 Å². The molecule has 1 amide bonds. The summed E-state index contributed by atoms with van der Waals surface area (Å²) in [4.78, 5) is 17.5. The van der Waals surface area contributed by atoms with Crippen molar-refractivity contribution in [1.82, 2.24) is 19.9 Å². The Labute approximate surface area is 173 Å². The largest absolute Gasteiger partial charge is 0.484 e. The van der Waals surface area contributed by atoms with Crippen molar-refractivity contribution in [3.63, 3.8) is 0 Å². The minimum Gasteiger partial charge on any atom is -0.484 e. The van der Waals surface area contributed by atoms with Gasteiger partial charge in [-0.1, -0.05) is 36.4 Å². The highest BCUT2D eigenvalue weighted by Gasteiger charge is 2.13. The molecule has 0 aliphatic rings. The first-order valence-corrected chi connectivity index (χ1v) is 10.3. The molecule has 0 atom stereocenters. The highest BCUT2D eigenvalue weighted by Crippen LogP contribution is 2.23. The van der Waals surface area contributed by atoms with E-state index in [1.54, 1.807) is 11.3 Å². The summed E-state index contributed by atoms with van der Waals surface area (Å²) in [5, 5.41) is 9.60. The van der Waals surface area contributed by atoms with Gasteiger partial charge >= 0.3 is 0 Å². The number of fused-ring (bicyclic) bond motifs is 1. The van der Waals surface area contributed by atoms with Crippen LogP contribution in [0.1, 0.15) is 16.8 Å². The maximum absolute atomic E-state index is 12.1. The second kappa shape index (κ2) is 8.45. The third-order valence-electron chi connectivity index (χ3n) is 4.60. The highest BCUT2D eigenvalue weighted by molar-refractivity contribution is 7.15. The molecule has 0 saturated heterocycles. The number of nitrogens with one attached hydrogen (secondary N) is 1. The lowest BCUT2D eigenvalue weighted by atomic mass is 10.1. The number of aryl methyl sites for hydroxylation is 2. The van der Waals surface area contributed by atoms with Gasteiger partial charge in [-0.15, -0.1) is 16.4 Å². The Balaban J connectivity index is 1.34. The predicted molar refractivity (Wildman–Crippen MR) is 114 cm³/mol.